The largest absolute Gasteiger partial charge is 0.311 e. The summed E-state index contributed by atoms with van der Waals surface area (Å²) in [5.74, 6) is 0. The molecule has 6 aliphatic rings. The van der Waals surface area contributed by atoms with Gasteiger partial charge in [-0.1, -0.05) is 214 Å². The van der Waals surface area contributed by atoms with Gasteiger partial charge in [0.2, 0.25) is 0 Å². The smallest absolute Gasteiger partial charge is 0.252 e. The first-order chi connectivity index (χ1) is 39.9. The fourth-order valence-electron chi connectivity index (χ4n) is 16.3. The Hall–Kier alpha value is -8.34. The molecule has 2 unspecified atom stereocenters. The van der Waals surface area contributed by atoms with Gasteiger partial charge in [-0.3, -0.25) is 0 Å². The number of rotatable bonds is 6. The first-order valence-corrected chi connectivity index (χ1v) is 30.4. The molecule has 4 heterocycles. The van der Waals surface area contributed by atoms with Gasteiger partial charge in [0.25, 0.3) is 6.71 Å². The summed E-state index contributed by atoms with van der Waals surface area (Å²) in [7, 11) is 0. The van der Waals surface area contributed by atoms with Gasteiger partial charge in [-0.15, -0.1) is 0 Å². The number of hydrogen-bond acceptors (Lipinski definition) is 3. The Bertz CT molecular complexity index is 4210. The predicted octanol–water partition coefficient (Wildman–Crippen LogP) is 19.5. The lowest BCUT2D eigenvalue weighted by molar-refractivity contribution is 0.227. The highest BCUT2D eigenvalue weighted by Gasteiger charge is 2.53. The molecule has 0 saturated heterocycles. The third-order valence-corrected chi connectivity index (χ3v) is 20.3. The topological polar surface area (TPSA) is 9.72 Å². The maximum Gasteiger partial charge on any atom is 0.252 e. The van der Waals surface area contributed by atoms with Crippen molar-refractivity contribution in [2.24, 2.45) is 0 Å². The fraction of sp³-hybridized carbons (Fsp3) is 0.241. The Morgan fingerprint density at radius 3 is 1.57 bits per heavy atom. The van der Waals surface area contributed by atoms with E-state index in [4.69, 9.17) is 0 Å². The molecule has 83 heavy (non-hydrogen) atoms. The van der Waals surface area contributed by atoms with Gasteiger partial charge < -0.3 is 14.7 Å². The van der Waals surface area contributed by atoms with Crippen LogP contribution in [-0.2, 0) is 27.1 Å². The molecule has 0 aromatic heterocycles. The molecule has 10 aromatic rings. The summed E-state index contributed by atoms with van der Waals surface area (Å²) in [6, 6.07) is 84.2. The quantitative estimate of drug-likeness (QED) is 0.154. The Kier molecular flexibility index (Phi) is 11.4. The average molecular weight is 1080 g/mol. The molecule has 0 fully saturated rings. The van der Waals surface area contributed by atoms with Gasteiger partial charge in [0.15, 0.2) is 0 Å². The zero-order chi connectivity index (χ0) is 57.0. The summed E-state index contributed by atoms with van der Waals surface area (Å²) in [6.07, 6.45) is 4.52. The monoisotopic (exact) mass is 1080 g/mol. The molecular weight excluding hydrogens is 1000 g/mol. The van der Waals surface area contributed by atoms with Crippen molar-refractivity contribution in [3.63, 3.8) is 0 Å². The minimum absolute atomic E-state index is 0.00245. The van der Waals surface area contributed by atoms with E-state index in [1.807, 2.05) is 0 Å². The third kappa shape index (κ3) is 8.06. The predicted molar refractivity (Wildman–Crippen MR) is 354 cm³/mol. The van der Waals surface area contributed by atoms with Crippen LogP contribution in [-0.4, -0.2) is 6.71 Å². The van der Waals surface area contributed by atoms with E-state index in [-0.39, 0.29) is 33.8 Å². The molecule has 4 aliphatic heterocycles. The highest BCUT2D eigenvalue weighted by molar-refractivity contribution is 7.00. The summed E-state index contributed by atoms with van der Waals surface area (Å²) in [4.78, 5) is 7.89. The molecule has 2 atom stereocenters. The molecule has 408 valence electrons. The summed E-state index contributed by atoms with van der Waals surface area (Å²) in [5, 5.41) is 0. The molecule has 10 aromatic carbocycles. The Labute approximate surface area is 493 Å². The first kappa shape index (κ1) is 51.5. The van der Waals surface area contributed by atoms with Gasteiger partial charge in [-0.05, 0) is 204 Å². The van der Waals surface area contributed by atoms with Gasteiger partial charge in [0.1, 0.15) is 0 Å². The van der Waals surface area contributed by atoms with Crippen LogP contribution < -0.4 is 31.1 Å². The standard InChI is InChI=1S/C79H74BN3/c1-51-31-32-54(52-23-15-11-16-24-52)42-69(51)83-70-43-55(53-25-17-12-18-26-53)34-37-66(70)80-67-47-64-65-48-71(67)82(72-45-60(46-73(83)74(72)80)81(58-27-19-13-20-28-58)59-29-21-14-22-30-59)68-38-35-57(75(2,3)4)44-61(68)56-33-36-62-63(41-56)76(5,6)39-40-78(62,9)50-79(65,10)49-77(64,7)8/h11-38,41-48H,39-40,49-50H2,1-10H3. The highest BCUT2D eigenvalue weighted by Crippen LogP contribution is 2.61. The van der Waals surface area contributed by atoms with E-state index in [9.17, 15) is 0 Å². The maximum atomic E-state index is 2.75. The highest BCUT2D eigenvalue weighted by atomic mass is 15.2. The number of para-hydroxylation sites is 2. The van der Waals surface area contributed by atoms with Crippen molar-refractivity contribution < 1.29 is 0 Å². The van der Waals surface area contributed by atoms with E-state index in [0.29, 0.717) is 0 Å². The van der Waals surface area contributed by atoms with E-state index in [1.54, 1.807) is 5.56 Å². The average Bonchev–Trinajstić information content (AvgIpc) is 2.10. The lowest BCUT2D eigenvalue weighted by Gasteiger charge is -2.47. The number of anilines is 9. The van der Waals surface area contributed by atoms with Gasteiger partial charge in [-0.2, -0.15) is 0 Å². The minimum atomic E-state index is -0.0876. The van der Waals surface area contributed by atoms with E-state index in [1.165, 1.54) is 118 Å². The summed E-state index contributed by atoms with van der Waals surface area (Å²) in [5.41, 5.74) is 30.3. The van der Waals surface area contributed by atoms with Crippen LogP contribution in [0, 0.1) is 6.92 Å². The number of benzene rings is 10. The molecule has 6 bridgehead atoms. The molecular formula is C79H74BN3. The normalized spacial score (nSPS) is 19.2. The van der Waals surface area contributed by atoms with Crippen molar-refractivity contribution in [3.05, 3.63) is 252 Å². The molecule has 2 aliphatic carbocycles. The second-order valence-electron chi connectivity index (χ2n) is 28.0. The van der Waals surface area contributed by atoms with Gasteiger partial charge in [-0.25, -0.2) is 0 Å². The molecule has 4 heteroatoms. The first-order valence-electron chi connectivity index (χ1n) is 30.4. The van der Waals surface area contributed by atoms with Crippen molar-refractivity contribution >= 4 is 74.3 Å². The molecule has 0 amide bonds. The molecule has 0 spiro atoms. The van der Waals surface area contributed by atoms with Crippen LogP contribution in [0.1, 0.15) is 121 Å². The van der Waals surface area contributed by atoms with E-state index in [0.717, 1.165) is 36.3 Å². The number of hydrogen-bond donors (Lipinski definition) is 0. The van der Waals surface area contributed by atoms with E-state index >= 15 is 0 Å². The third-order valence-electron chi connectivity index (χ3n) is 20.3. The molecule has 0 radical (unpaired) electrons. The van der Waals surface area contributed by atoms with E-state index in [2.05, 4.69) is 302 Å². The Morgan fingerprint density at radius 2 is 0.940 bits per heavy atom. The zero-order valence-corrected chi connectivity index (χ0v) is 50.0. The molecule has 3 nitrogen and oxygen atoms in total. The van der Waals surface area contributed by atoms with E-state index < -0.39 is 0 Å². The molecule has 16 rings (SSSR count). The second kappa shape index (κ2) is 18.3. The summed E-state index contributed by atoms with van der Waals surface area (Å²) in [6.45, 7) is 24.7. The fourth-order valence-corrected chi connectivity index (χ4v) is 16.3. The van der Waals surface area contributed by atoms with Crippen LogP contribution in [0.3, 0.4) is 0 Å². The number of aryl methyl sites for hydroxylation is 1. The van der Waals surface area contributed by atoms with Crippen LogP contribution in [0.15, 0.2) is 218 Å². The van der Waals surface area contributed by atoms with Crippen molar-refractivity contribution in [2.45, 2.75) is 122 Å². The second-order valence-corrected chi connectivity index (χ2v) is 28.0. The van der Waals surface area contributed by atoms with Crippen molar-refractivity contribution in [1.82, 2.24) is 0 Å². The van der Waals surface area contributed by atoms with Gasteiger partial charge >= 0.3 is 0 Å². The van der Waals surface area contributed by atoms with Crippen LogP contribution in [0.25, 0.3) is 33.4 Å². The lowest BCUT2D eigenvalue weighted by Crippen LogP contribution is -2.61. The van der Waals surface area contributed by atoms with Crippen molar-refractivity contribution in [3.8, 4) is 33.4 Å². The summed E-state index contributed by atoms with van der Waals surface area (Å²) >= 11 is 0. The van der Waals surface area contributed by atoms with Gasteiger partial charge in [0.05, 0.1) is 11.4 Å². The number of fused-ring (bicyclic) bond motifs is 4. The molecule has 0 saturated carbocycles. The number of nitrogens with zero attached hydrogens (tertiary/aromatic N) is 3. The van der Waals surface area contributed by atoms with Crippen LogP contribution in [0.4, 0.5) is 51.2 Å². The Balaban J connectivity index is 1.12. The Morgan fingerprint density at radius 1 is 0.386 bits per heavy atom. The van der Waals surface area contributed by atoms with Crippen LogP contribution >= 0.6 is 0 Å². The molecule has 0 N–H and O–H groups in total. The van der Waals surface area contributed by atoms with Crippen LogP contribution in [0.2, 0.25) is 0 Å². The minimum Gasteiger partial charge on any atom is -0.311 e. The lowest BCUT2D eigenvalue weighted by atomic mass is 9.33. The van der Waals surface area contributed by atoms with Crippen molar-refractivity contribution in [1.29, 1.82) is 0 Å². The van der Waals surface area contributed by atoms with Crippen LogP contribution in [0.5, 0.6) is 0 Å². The SMILES string of the molecule is Cc1ccc(-c2ccccc2)cc1N1c2cc(-c3ccccc3)ccc2B2c3cc4c5cc3N(c3ccc(C(C)(C)C)cc3-c3ccc6c(c3)C(C)(C)CCC6(C)CC5(C)CC4(C)C)c3cc(N(c4ccccc4)c4ccccc4)cc1c32. The summed E-state index contributed by atoms with van der Waals surface area (Å²) < 4.78 is 0. The zero-order valence-electron chi connectivity index (χ0n) is 50.0. The van der Waals surface area contributed by atoms with Crippen molar-refractivity contribution in [2.75, 3.05) is 14.7 Å². The maximum absolute atomic E-state index is 2.75. The van der Waals surface area contributed by atoms with Gasteiger partial charge in [0, 0.05) is 45.4 Å².